The lowest BCUT2D eigenvalue weighted by molar-refractivity contribution is 0.191. The number of piperidine rings is 1. The normalized spacial score (nSPS) is 20.7. The van der Waals surface area contributed by atoms with Gasteiger partial charge >= 0.3 is 0 Å². The number of nitrogens with zero attached hydrogens (tertiary/aromatic N) is 1. The molecule has 2 nitrogen and oxygen atoms in total. The van der Waals surface area contributed by atoms with Crippen LogP contribution < -0.4 is 5.32 Å². The summed E-state index contributed by atoms with van der Waals surface area (Å²) in [6, 6.07) is 11.6. The molecular weight excluding hydrogens is 256 g/mol. The molecule has 0 saturated carbocycles. The monoisotopic (exact) mass is 284 g/mol. The summed E-state index contributed by atoms with van der Waals surface area (Å²) in [5.74, 6) is 0. The van der Waals surface area contributed by atoms with Crippen LogP contribution in [0.3, 0.4) is 0 Å². The minimum atomic E-state index is 0.735. The summed E-state index contributed by atoms with van der Waals surface area (Å²) in [5, 5.41) is 3.77. The highest BCUT2D eigenvalue weighted by atomic mass is 15.1. The summed E-state index contributed by atoms with van der Waals surface area (Å²) in [7, 11) is 0. The maximum absolute atomic E-state index is 3.77. The van der Waals surface area contributed by atoms with Gasteiger partial charge in [0, 0.05) is 12.6 Å². The van der Waals surface area contributed by atoms with Gasteiger partial charge < -0.3 is 5.32 Å². The van der Waals surface area contributed by atoms with Crippen molar-refractivity contribution in [3.8, 4) is 0 Å². The van der Waals surface area contributed by atoms with E-state index in [-0.39, 0.29) is 0 Å². The lowest BCUT2D eigenvalue weighted by Crippen LogP contribution is -2.42. The molecule has 1 N–H and O–H groups in total. The first kappa shape index (κ1) is 14.8. The number of likely N-dealkylation sites (tertiary alicyclic amines) is 1. The van der Waals surface area contributed by atoms with E-state index < -0.39 is 0 Å². The lowest BCUT2D eigenvalue weighted by atomic mass is 10.0. The van der Waals surface area contributed by atoms with Crippen molar-refractivity contribution in [2.24, 2.45) is 0 Å². The SMILES string of the molecule is C1=C(CCNC2CCN(Cc3ccccc3)CC2)CCC1. The lowest BCUT2D eigenvalue weighted by Gasteiger charge is -2.32. The van der Waals surface area contributed by atoms with Gasteiger partial charge in [0.2, 0.25) is 0 Å². The molecule has 0 spiro atoms. The van der Waals surface area contributed by atoms with Crippen LogP contribution in [0.4, 0.5) is 0 Å². The van der Waals surface area contributed by atoms with Crippen LogP contribution in [0.2, 0.25) is 0 Å². The molecule has 1 aromatic carbocycles. The average molecular weight is 284 g/mol. The van der Waals surface area contributed by atoms with E-state index in [1.54, 1.807) is 5.57 Å². The van der Waals surface area contributed by atoms with Crippen molar-refractivity contribution >= 4 is 0 Å². The fourth-order valence-corrected chi connectivity index (χ4v) is 3.54. The molecule has 3 rings (SSSR count). The van der Waals surface area contributed by atoms with E-state index in [1.165, 1.54) is 63.7 Å². The molecule has 114 valence electrons. The maximum atomic E-state index is 3.77. The van der Waals surface area contributed by atoms with E-state index in [0.717, 1.165) is 12.6 Å². The molecule has 1 aliphatic heterocycles. The largest absolute Gasteiger partial charge is 0.314 e. The highest BCUT2D eigenvalue weighted by molar-refractivity contribution is 5.14. The summed E-state index contributed by atoms with van der Waals surface area (Å²) in [6.07, 6.45) is 10.4. The van der Waals surface area contributed by atoms with E-state index in [1.807, 2.05) is 0 Å². The Bertz CT molecular complexity index is 444. The summed E-state index contributed by atoms with van der Waals surface area (Å²) < 4.78 is 0. The van der Waals surface area contributed by atoms with Crippen LogP contribution in [-0.2, 0) is 6.54 Å². The summed E-state index contributed by atoms with van der Waals surface area (Å²) in [5.41, 5.74) is 3.13. The topological polar surface area (TPSA) is 15.3 Å². The molecule has 0 aromatic heterocycles. The first-order valence-corrected chi connectivity index (χ1v) is 8.58. The fourth-order valence-electron chi connectivity index (χ4n) is 3.54. The number of allylic oxidation sites excluding steroid dienone is 1. The van der Waals surface area contributed by atoms with Crippen LogP contribution in [0, 0.1) is 0 Å². The first-order chi connectivity index (χ1) is 10.4. The van der Waals surface area contributed by atoms with Gasteiger partial charge in [-0.3, -0.25) is 4.90 Å². The number of nitrogens with one attached hydrogen (secondary N) is 1. The molecule has 1 heterocycles. The van der Waals surface area contributed by atoms with Crippen molar-refractivity contribution in [1.29, 1.82) is 0 Å². The number of hydrogen-bond donors (Lipinski definition) is 1. The summed E-state index contributed by atoms with van der Waals surface area (Å²) in [4.78, 5) is 2.59. The zero-order valence-electron chi connectivity index (χ0n) is 13.1. The van der Waals surface area contributed by atoms with E-state index in [4.69, 9.17) is 0 Å². The molecule has 1 aliphatic carbocycles. The predicted molar refractivity (Wildman–Crippen MR) is 89.3 cm³/mol. The van der Waals surface area contributed by atoms with E-state index in [9.17, 15) is 0 Å². The molecule has 0 atom stereocenters. The second-order valence-electron chi connectivity index (χ2n) is 6.49. The van der Waals surface area contributed by atoms with Crippen LogP contribution in [0.15, 0.2) is 42.0 Å². The molecule has 2 aliphatic rings. The molecule has 0 amide bonds. The molecule has 1 fully saturated rings. The van der Waals surface area contributed by atoms with Crippen molar-refractivity contribution in [2.45, 2.75) is 51.1 Å². The molecule has 21 heavy (non-hydrogen) atoms. The van der Waals surface area contributed by atoms with Gasteiger partial charge in [-0.25, -0.2) is 0 Å². The van der Waals surface area contributed by atoms with Crippen LogP contribution in [0.5, 0.6) is 0 Å². The maximum Gasteiger partial charge on any atom is 0.0233 e. The average Bonchev–Trinajstić information content (AvgIpc) is 3.03. The summed E-state index contributed by atoms with van der Waals surface area (Å²) in [6.45, 7) is 4.75. The summed E-state index contributed by atoms with van der Waals surface area (Å²) >= 11 is 0. The second-order valence-corrected chi connectivity index (χ2v) is 6.49. The van der Waals surface area contributed by atoms with Crippen LogP contribution >= 0.6 is 0 Å². The van der Waals surface area contributed by atoms with Gasteiger partial charge in [0.1, 0.15) is 0 Å². The van der Waals surface area contributed by atoms with Gasteiger partial charge in [-0.05, 0) is 63.7 Å². The predicted octanol–water partition coefficient (Wildman–Crippen LogP) is 3.74. The number of rotatable bonds is 6. The number of benzene rings is 1. The highest BCUT2D eigenvalue weighted by Gasteiger charge is 2.18. The first-order valence-electron chi connectivity index (χ1n) is 8.58. The van der Waals surface area contributed by atoms with E-state index in [0.29, 0.717) is 0 Å². The Balaban J connectivity index is 1.33. The zero-order valence-corrected chi connectivity index (χ0v) is 13.1. The third kappa shape index (κ3) is 4.69. The standard InChI is InChI=1S/C19H28N2/c1-2-8-18(9-3-1)16-21-14-11-19(12-15-21)20-13-10-17-6-4-5-7-17/h1-3,6,8-9,19-20H,4-5,7,10-16H2. The van der Waals surface area contributed by atoms with Crippen molar-refractivity contribution in [3.63, 3.8) is 0 Å². The Labute approximate surface area is 129 Å². The zero-order chi connectivity index (χ0) is 14.3. The smallest absolute Gasteiger partial charge is 0.0233 e. The van der Waals surface area contributed by atoms with Gasteiger partial charge in [0.25, 0.3) is 0 Å². The van der Waals surface area contributed by atoms with Crippen molar-refractivity contribution in [1.82, 2.24) is 10.2 Å². The Hall–Kier alpha value is -1.12. The third-order valence-electron chi connectivity index (χ3n) is 4.85. The van der Waals surface area contributed by atoms with Gasteiger partial charge in [-0.15, -0.1) is 0 Å². The van der Waals surface area contributed by atoms with Crippen molar-refractivity contribution < 1.29 is 0 Å². The van der Waals surface area contributed by atoms with Crippen LogP contribution in [0.1, 0.15) is 44.1 Å². The fraction of sp³-hybridized carbons (Fsp3) is 0.579. The van der Waals surface area contributed by atoms with Crippen LogP contribution in [0.25, 0.3) is 0 Å². The Morgan fingerprint density at radius 2 is 1.90 bits per heavy atom. The van der Waals surface area contributed by atoms with Gasteiger partial charge in [0.15, 0.2) is 0 Å². The molecule has 0 unspecified atom stereocenters. The second kappa shape index (κ2) is 7.77. The third-order valence-corrected chi connectivity index (χ3v) is 4.85. The molecule has 2 heteroatoms. The van der Waals surface area contributed by atoms with Gasteiger partial charge in [-0.2, -0.15) is 0 Å². The van der Waals surface area contributed by atoms with Crippen molar-refractivity contribution in [3.05, 3.63) is 47.5 Å². The molecular formula is C19H28N2. The minimum absolute atomic E-state index is 0.735. The molecule has 0 bridgehead atoms. The molecule has 1 aromatic rings. The van der Waals surface area contributed by atoms with Gasteiger partial charge in [0.05, 0.1) is 0 Å². The molecule has 1 saturated heterocycles. The van der Waals surface area contributed by atoms with Gasteiger partial charge in [-0.1, -0.05) is 42.0 Å². The highest BCUT2D eigenvalue weighted by Crippen LogP contribution is 2.20. The number of hydrogen-bond acceptors (Lipinski definition) is 2. The van der Waals surface area contributed by atoms with Crippen molar-refractivity contribution in [2.75, 3.05) is 19.6 Å². The molecule has 0 radical (unpaired) electrons. The van der Waals surface area contributed by atoms with E-state index >= 15 is 0 Å². The minimum Gasteiger partial charge on any atom is -0.314 e. The Kier molecular flexibility index (Phi) is 5.47. The quantitative estimate of drug-likeness (QED) is 0.801. The van der Waals surface area contributed by atoms with E-state index in [2.05, 4.69) is 46.6 Å². The van der Waals surface area contributed by atoms with Crippen LogP contribution in [-0.4, -0.2) is 30.6 Å². The Morgan fingerprint density at radius 1 is 1.10 bits per heavy atom. The Morgan fingerprint density at radius 3 is 2.62 bits per heavy atom.